The summed E-state index contributed by atoms with van der Waals surface area (Å²) < 4.78 is 5.55. The molecule has 1 aromatic carbocycles. The second kappa shape index (κ2) is 6.13. The number of aromatic nitrogens is 2. The van der Waals surface area contributed by atoms with Gasteiger partial charge in [-0.05, 0) is 25.1 Å². The van der Waals surface area contributed by atoms with Gasteiger partial charge < -0.3 is 4.42 Å². The summed E-state index contributed by atoms with van der Waals surface area (Å²) in [5.41, 5.74) is 2.47. The van der Waals surface area contributed by atoms with Crippen LogP contribution in [0.4, 0.5) is 5.69 Å². The summed E-state index contributed by atoms with van der Waals surface area (Å²) in [6.45, 7) is 5.86. The maximum atomic E-state index is 10.7. The maximum absolute atomic E-state index is 10.7. The molecule has 6 nitrogen and oxygen atoms in total. The lowest BCUT2D eigenvalue weighted by Gasteiger charge is -1.94. The number of oxazole rings is 1. The fraction of sp³-hybridized carbons (Fsp3) is 0.200. The summed E-state index contributed by atoms with van der Waals surface area (Å²) in [7, 11) is 0. The summed E-state index contributed by atoms with van der Waals surface area (Å²) in [6, 6.07) is 9.77. The smallest absolute Gasteiger partial charge is 0.270 e. The molecule has 108 valence electrons. The standard InChI is InChI=1S/C13H9N3O3.C2H6/c1-8-5-6-11-12(14-8)15-13(19-11)9-3-2-4-10(7-9)16(17)18;1-2/h2-7H,1H3;1-2H3. The first-order valence-electron chi connectivity index (χ1n) is 6.62. The first-order valence-corrected chi connectivity index (χ1v) is 6.62. The van der Waals surface area contributed by atoms with Crippen LogP contribution in [-0.4, -0.2) is 14.9 Å². The Kier molecular flexibility index (Phi) is 4.27. The highest BCUT2D eigenvalue weighted by Crippen LogP contribution is 2.26. The van der Waals surface area contributed by atoms with Crippen molar-refractivity contribution in [3.63, 3.8) is 0 Å². The van der Waals surface area contributed by atoms with Crippen molar-refractivity contribution in [1.82, 2.24) is 9.97 Å². The van der Waals surface area contributed by atoms with E-state index < -0.39 is 4.92 Å². The summed E-state index contributed by atoms with van der Waals surface area (Å²) in [6.07, 6.45) is 0. The molecule has 2 heterocycles. The van der Waals surface area contributed by atoms with Gasteiger partial charge in [0.15, 0.2) is 11.2 Å². The van der Waals surface area contributed by atoms with Crippen LogP contribution >= 0.6 is 0 Å². The predicted octanol–water partition coefficient (Wildman–Crippen LogP) is 4.13. The SMILES string of the molecule is CC.Cc1ccc2oc(-c3cccc([N+](=O)[O-])c3)nc2n1. The third-order valence-corrected chi connectivity index (χ3v) is 2.70. The Labute approximate surface area is 121 Å². The minimum Gasteiger partial charge on any atom is -0.434 e. The van der Waals surface area contributed by atoms with E-state index in [4.69, 9.17) is 4.42 Å². The molecule has 3 aromatic rings. The van der Waals surface area contributed by atoms with Gasteiger partial charge in [-0.15, -0.1) is 0 Å². The van der Waals surface area contributed by atoms with Gasteiger partial charge in [0.25, 0.3) is 5.69 Å². The normalized spacial score (nSPS) is 10.0. The largest absolute Gasteiger partial charge is 0.434 e. The van der Waals surface area contributed by atoms with Crippen LogP contribution in [0, 0.1) is 17.0 Å². The first kappa shape index (κ1) is 14.6. The van der Waals surface area contributed by atoms with Crippen molar-refractivity contribution in [3.05, 3.63) is 52.2 Å². The third-order valence-electron chi connectivity index (χ3n) is 2.70. The minimum absolute atomic E-state index is 0.00361. The quantitative estimate of drug-likeness (QED) is 0.522. The summed E-state index contributed by atoms with van der Waals surface area (Å²) in [5, 5.41) is 10.7. The maximum Gasteiger partial charge on any atom is 0.270 e. The monoisotopic (exact) mass is 285 g/mol. The molecule has 0 saturated carbocycles. The Hall–Kier alpha value is -2.76. The molecule has 0 aliphatic rings. The highest BCUT2D eigenvalue weighted by molar-refractivity contribution is 5.72. The molecule has 0 fully saturated rings. The van der Waals surface area contributed by atoms with Gasteiger partial charge in [-0.1, -0.05) is 19.9 Å². The zero-order valence-electron chi connectivity index (χ0n) is 12.0. The highest BCUT2D eigenvalue weighted by atomic mass is 16.6. The molecule has 0 amide bonds. The van der Waals surface area contributed by atoms with E-state index in [-0.39, 0.29) is 5.69 Å². The molecule has 0 spiro atoms. The molecular formula is C15H15N3O3. The number of pyridine rings is 1. The zero-order valence-corrected chi connectivity index (χ0v) is 12.0. The average molecular weight is 285 g/mol. The molecule has 0 radical (unpaired) electrons. The van der Waals surface area contributed by atoms with Gasteiger partial charge in [0.1, 0.15) is 0 Å². The first-order chi connectivity index (χ1) is 10.1. The van der Waals surface area contributed by atoms with Gasteiger partial charge >= 0.3 is 0 Å². The highest BCUT2D eigenvalue weighted by Gasteiger charge is 2.12. The Morgan fingerprint density at radius 3 is 2.62 bits per heavy atom. The van der Waals surface area contributed by atoms with E-state index in [1.807, 2.05) is 26.8 Å². The Morgan fingerprint density at radius 1 is 1.14 bits per heavy atom. The van der Waals surface area contributed by atoms with Crippen LogP contribution in [0.3, 0.4) is 0 Å². The number of aryl methyl sites for hydroxylation is 1. The topological polar surface area (TPSA) is 82.1 Å². The lowest BCUT2D eigenvalue weighted by molar-refractivity contribution is -0.384. The zero-order chi connectivity index (χ0) is 15.4. The van der Waals surface area contributed by atoms with Gasteiger partial charge in [0.05, 0.1) is 4.92 Å². The van der Waals surface area contributed by atoms with Crippen LogP contribution in [0.25, 0.3) is 22.7 Å². The van der Waals surface area contributed by atoms with Crippen LogP contribution in [0.1, 0.15) is 19.5 Å². The van der Waals surface area contributed by atoms with E-state index in [0.29, 0.717) is 22.7 Å². The molecular weight excluding hydrogens is 270 g/mol. The number of fused-ring (bicyclic) bond motifs is 1. The fourth-order valence-electron chi connectivity index (χ4n) is 1.79. The number of non-ortho nitro benzene ring substituents is 1. The van der Waals surface area contributed by atoms with E-state index in [2.05, 4.69) is 9.97 Å². The molecule has 0 aliphatic carbocycles. The lowest BCUT2D eigenvalue weighted by Crippen LogP contribution is -1.88. The Balaban J connectivity index is 0.000000774. The predicted molar refractivity (Wildman–Crippen MR) is 80.0 cm³/mol. The molecule has 0 aliphatic heterocycles. The van der Waals surface area contributed by atoms with Gasteiger partial charge in [0, 0.05) is 23.4 Å². The molecule has 0 unspecified atom stereocenters. The second-order valence-corrected chi connectivity index (χ2v) is 4.10. The van der Waals surface area contributed by atoms with E-state index in [9.17, 15) is 10.1 Å². The fourth-order valence-corrected chi connectivity index (χ4v) is 1.79. The third kappa shape index (κ3) is 3.05. The van der Waals surface area contributed by atoms with Crippen LogP contribution < -0.4 is 0 Å². The molecule has 0 saturated heterocycles. The van der Waals surface area contributed by atoms with E-state index in [1.165, 1.54) is 12.1 Å². The van der Waals surface area contributed by atoms with Gasteiger partial charge in [-0.2, -0.15) is 4.98 Å². The van der Waals surface area contributed by atoms with Crippen molar-refractivity contribution in [2.45, 2.75) is 20.8 Å². The van der Waals surface area contributed by atoms with Crippen LogP contribution in [0.5, 0.6) is 0 Å². The van der Waals surface area contributed by atoms with Gasteiger partial charge in [0.2, 0.25) is 5.89 Å². The molecule has 0 bridgehead atoms. The summed E-state index contributed by atoms with van der Waals surface area (Å²) in [4.78, 5) is 18.8. The van der Waals surface area contributed by atoms with E-state index in [1.54, 1.807) is 18.2 Å². The van der Waals surface area contributed by atoms with Crippen molar-refractivity contribution in [2.75, 3.05) is 0 Å². The lowest BCUT2D eigenvalue weighted by atomic mass is 10.2. The van der Waals surface area contributed by atoms with Gasteiger partial charge in [-0.3, -0.25) is 10.1 Å². The van der Waals surface area contributed by atoms with Crippen molar-refractivity contribution in [1.29, 1.82) is 0 Å². The molecule has 6 heteroatoms. The Morgan fingerprint density at radius 2 is 1.90 bits per heavy atom. The van der Waals surface area contributed by atoms with Crippen molar-refractivity contribution in [3.8, 4) is 11.5 Å². The molecule has 0 atom stereocenters. The molecule has 3 rings (SSSR count). The van der Waals surface area contributed by atoms with Gasteiger partial charge in [-0.25, -0.2) is 4.98 Å². The number of nitro groups is 1. The van der Waals surface area contributed by atoms with Crippen molar-refractivity contribution < 1.29 is 9.34 Å². The van der Waals surface area contributed by atoms with Crippen LogP contribution in [-0.2, 0) is 0 Å². The molecule has 0 N–H and O–H groups in total. The summed E-state index contributed by atoms with van der Waals surface area (Å²) >= 11 is 0. The number of nitrogens with zero attached hydrogens (tertiary/aromatic N) is 3. The minimum atomic E-state index is -0.450. The van der Waals surface area contributed by atoms with Crippen LogP contribution in [0.15, 0.2) is 40.8 Å². The average Bonchev–Trinajstić information content (AvgIpc) is 2.92. The number of rotatable bonds is 2. The number of benzene rings is 1. The number of nitro benzene ring substituents is 1. The number of hydrogen-bond acceptors (Lipinski definition) is 5. The van der Waals surface area contributed by atoms with Crippen molar-refractivity contribution in [2.24, 2.45) is 0 Å². The number of hydrogen-bond donors (Lipinski definition) is 0. The van der Waals surface area contributed by atoms with Crippen molar-refractivity contribution >= 4 is 16.9 Å². The van der Waals surface area contributed by atoms with Crippen LogP contribution in [0.2, 0.25) is 0 Å². The second-order valence-electron chi connectivity index (χ2n) is 4.10. The molecule has 2 aromatic heterocycles. The molecule has 21 heavy (non-hydrogen) atoms. The van der Waals surface area contributed by atoms with E-state index >= 15 is 0 Å². The summed E-state index contributed by atoms with van der Waals surface area (Å²) in [5.74, 6) is 0.330. The van der Waals surface area contributed by atoms with E-state index in [0.717, 1.165) is 5.69 Å². The Bertz CT molecular complexity index is 781.